The third-order valence-corrected chi connectivity index (χ3v) is 5.23. The number of carbonyl (C=O) groups is 3. The van der Waals surface area contributed by atoms with Crippen LogP contribution in [0.25, 0.3) is 0 Å². The predicted molar refractivity (Wildman–Crippen MR) is 123 cm³/mol. The van der Waals surface area contributed by atoms with Gasteiger partial charge in [0.2, 0.25) is 0 Å². The Balaban J connectivity index is 1.94. The number of anilines is 1. The van der Waals surface area contributed by atoms with E-state index >= 15 is 0 Å². The van der Waals surface area contributed by atoms with Gasteiger partial charge in [-0.2, -0.15) is 0 Å². The minimum atomic E-state index is -0.675. The number of esters is 3. The van der Waals surface area contributed by atoms with Crippen molar-refractivity contribution in [1.29, 1.82) is 0 Å². The average molecular weight is 447 g/mol. The third-order valence-electron chi connectivity index (χ3n) is 5.23. The Morgan fingerprint density at radius 1 is 0.818 bits per heavy atom. The Kier molecular flexibility index (Phi) is 7.81. The molecule has 0 amide bonds. The van der Waals surface area contributed by atoms with Crippen LogP contribution in [0.15, 0.2) is 90.3 Å². The number of allylic oxidation sites excluding steroid dienone is 2. The first-order valence-electron chi connectivity index (χ1n) is 10.3. The van der Waals surface area contributed by atoms with E-state index in [9.17, 15) is 14.4 Å². The number of benzene rings is 2. The summed E-state index contributed by atoms with van der Waals surface area (Å²) in [6.07, 6.45) is 6.96. The summed E-state index contributed by atoms with van der Waals surface area (Å²) < 4.78 is 14.8. The van der Waals surface area contributed by atoms with Crippen LogP contribution in [-0.2, 0) is 35.0 Å². The molecule has 7 nitrogen and oxygen atoms in total. The van der Waals surface area contributed by atoms with E-state index in [0.717, 1.165) is 11.1 Å². The van der Waals surface area contributed by atoms with Crippen LogP contribution in [0.5, 0.6) is 0 Å². The van der Waals surface area contributed by atoms with Crippen LogP contribution in [-0.4, -0.2) is 39.2 Å². The molecule has 1 heterocycles. The Morgan fingerprint density at radius 2 is 1.48 bits per heavy atom. The standard InChI is InChI=1S/C26H25NO6/c1-31-24(28)21-11-7-8-16-27(23(21)26(30)33-3)20-14-12-18(13-15-20)17-22(25(29)32-2)19-9-5-4-6-10-19/h4-16,22H,17H2,1-3H3. The van der Waals surface area contributed by atoms with Crippen molar-refractivity contribution in [1.82, 2.24) is 0 Å². The highest BCUT2D eigenvalue weighted by atomic mass is 16.5. The van der Waals surface area contributed by atoms with E-state index in [2.05, 4.69) is 0 Å². The highest BCUT2D eigenvalue weighted by Crippen LogP contribution is 2.28. The summed E-state index contributed by atoms with van der Waals surface area (Å²) >= 11 is 0. The van der Waals surface area contributed by atoms with Crippen LogP contribution in [0.3, 0.4) is 0 Å². The minimum absolute atomic E-state index is 0.0406. The van der Waals surface area contributed by atoms with Crippen molar-refractivity contribution in [3.8, 4) is 0 Å². The number of hydrogen-bond acceptors (Lipinski definition) is 7. The number of hydrogen-bond donors (Lipinski definition) is 0. The monoisotopic (exact) mass is 447 g/mol. The molecular weight excluding hydrogens is 422 g/mol. The van der Waals surface area contributed by atoms with Crippen molar-refractivity contribution in [3.63, 3.8) is 0 Å². The van der Waals surface area contributed by atoms with Gasteiger partial charge in [0.1, 0.15) is 5.70 Å². The number of carbonyl (C=O) groups excluding carboxylic acids is 3. The number of methoxy groups -OCH3 is 3. The lowest BCUT2D eigenvalue weighted by atomic mass is 9.92. The van der Waals surface area contributed by atoms with Gasteiger partial charge in [0, 0.05) is 11.9 Å². The molecular formula is C26H25NO6. The van der Waals surface area contributed by atoms with E-state index in [1.165, 1.54) is 27.4 Å². The smallest absolute Gasteiger partial charge is 0.355 e. The van der Waals surface area contributed by atoms with E-state index in [-0.39, 0.29) is 17.2 Å². The summed E-state index contributed by atoms with van der Waals surface area (Å²) in [5, 5.41) is 0. The largest absolute Gasteiger partial charge is 0.469 e. The van der Waals surface area contributed by atoms with Gasteiger partial charge in [0.25, 0.3) is 0 Å². The van der Waals surface area contributed by atoms with Crippen LogP contribution in [0.2, 0.25) is 0 Å². The molecule has 2 aromatic carbocycles. The summed E-state index contributed by atoms with van der Waals surface area (Å²) in [6.45, 7) is 0. The predicted octanol–water partition coefficient (Wildman–Crippen LogP) is 3.68. The van der Waals surface area contributed by atoms with Gasteiger partial charge in [-0.05, 0) is 41.8 Å². The van der Waals surface area contributed by atoms with E-state index in [4.69, 9.17) is 14.2 Å². The molecule has 0 radical (unpaired) electrons. The lowest BCUT2D eigenvalue weighted by Gasteiger charge is -2.23. The SMILES string of the molecule is COC(=O)C1=C(C(=O)OC)N(c2ccc(CC(C(=O)OC)c3ccccc3)cc2)C=CC=C1. The van der Waals surface area contributed by atoms with Gasteiger partial charge in [-0.3, -0.25) is 4.79 Å². The first-order valence-corrected chi connectivity index (χ1v) is 10.3. The molecule has 3 rings (SSSR count). The summed E-state index contributed by atoms with van der Waals surface area (Å²) in [5.74, 6) is -2.09. The zero-order valence-corrected chi connectivity index (χ0v) is 18.7. The van der Waals surface area contributed by atoms with Crippen molar-refractivity contribution in [3.05, 3.63) is 101 Å². The van der Waals surface area contributed by atoms with Crippen LogP contribution in [0, 0.1) is 0 Å². The summed E-state index contributed by atoms with van der Waals surface area (Å²) in [6, 6.07) is 16.8. The molecule has 2 aromatic rings. The number of nitrogens with zero attached hydrogens (tertiary/aromatic N) is 1. The zero-order valence-electron chi connectivity index (χ0n) is 18.7. The Morgan fingerprint density at radius 3 is 2.09 bits per heavy atom. The van der Waals surface area contributed by atoms with Crippen LogP contribution >= 0.6 is 0 Å². The number of rotatable bonds is 7. The Bertz CT molecular complexity index is 1100. The topological polar surface area (TPSA) is 82.1 Å². The maximum Gasteiger partial charge on any atom is 0.355 e. The van der Waals surface area contributed by atoms with Crippen molar-refractivity contribution in [2.45, 2.75) is 12.3 Å². The molecule has 1 aliphatic rings. The van der Waals surface area contributed by atoms with E-state index in [0.29, 0.717) is 12.1 Å². The molecule has 0 aromatic heterocycles. The maximum atomic E-state index is 12.6. The molecule has 0 bridgehead atoms. The second kappa shape index (κ2) is 10.9. The minimum Gasteiger partial charge on any atom is -0.469 e. The molecule has 0 aliphatic carbocycles. The molecule has 0 saturated heterocycles. The molecule has 1 atom stereocenters. The fourth-order valence-electron chi connectivity index (χ4n) is 3.56. The van der Waals surface area contributed by atoms with E-state index in [1.807, 2.05) is 54.6 Å². The van der Waals surface area contributed by atoms with Gasteiger partial charge in [-0.25, -0.2) is 9.59 Å². The third kappa shape index (κ3) is 5.38. The molecule has 170 valence electrons. The van der Waals surface area contributed by atoms with Crippen molar-refractivity contribution < 1.29 is 28.6 Å². The molecule has 0 spiro atoms. The van der Waals surface area contributed by atoms with Crippen LogP contribution < -0.4 is 4.90 Å². The molecule has 0 N–H and O–H groups in total. The number of ether oxygens (including phenoxy) is 3. The van der Waals surface area contributed by atoms with Gasteiger partial charge < -0.3 is 19.1 Å². The van der Waals surface area contributed by atoms with Gasteiger partial charge >= 0.3 is 17.9 Å². The molecule has 1 aliphatic heterocycles. The van der Waals surface area contributed by atoms with Gasteiger partial charge in [0.05, 0.1) is 32.8 Å². The first-order chi connectivity index (χ1) is 16.0. The van der Waals surface area contributed by atoms with E-state index < -0.39 is 17.9 Å². The Hall–Kier alpha value is -4.13. The van der Waals surface area contributed by atoms with Crippen LogP contribution in [0.4, 0.5) is 5.69 Å². The summed E-state index contributed by atoms with van der Waals surface area (Å²) in [5.41, 5.74) is 2.53. The lowest BCUT2D eigenvalue weighted by molar-refractivity contribution is -0.142. The van der Waals surface area contributed by atoms with Crippen molar-refractivity contribution >= 4 is 23.6 Å². The van der Waals surface area contributed by atoms with Crippen LogP contribution in [0.1, 0.15) is 17.0 Å². The fourth-order valence-corrected chi connectivity index (χ4v) is 3.56. The first kappa shape index (κ1) is 23.5. The molecule has 33 heavy (non-hydrogen) atoms. The van der Waals surface area contributed by atoms with E-state index in [1.54, 1.807) is 23.3 Å². The van der Waals surface area contributed by atoms with Crippen molar-refractivity contribution in [2.75, 3.05) is 26.2 Å². The lowest BCUT2D eigenvalue weighted by Crippen LogP contribution is -2.27. The highest BCUT2D eigenvalue weighted by Gasteiger charge is 2.27. The average Bonchev–Trinajstić information content (AvgIpc) is 3.10. The summed E-state index contributed by atoms with van der Waals surface area (Å²) in [7, 11) is 3.88. The summed E-state index contributed by atoms with van der Waals surface area (Å²) in [4.78, 5) is 38.8. The second-order valence-electron chi connectivity index (χ2n) is 7.17. The normalized spacial score (nSPS) is 13.8. The van der Waals surface area contributed by atoms with Gasteiger partial charge in [-0.1, -0.05) is 48.5 Å². The molecule has 0 fully saturated rings. The highest BCUT2D eigenvalue weighted by molar-refractivity contribution is 6.05. The molecule has 7 heteroatoms. The van der Waals surface area contributed by atoms with Gasteiger partial charge in [0.15, 0.2) is 0 Å². The fraction of sp³-hybridized carbons (Fsp3) is 0.192. The van der Waals surface area contributed by atoms with Gasteiger partial charge in [-0.15, -0.1) is 0 Å². The maximum absolute atomic E-state index is 12.6. The van der Waals surface area contributed by atoms with Crippen molar-refractivity contribution in [2.24, 2.45) is 0 Å². The quantitative estimate of drug-likeness (QED) is 0.473. The molecule has 0 saturated carbocycles. The Labute approximate surface area is 192 Å². The second-order valence-corrected chi connectivity index (χ2v) is 7.17. The molecule has 1 unspecified atom stereocenters. The zero-order chi connectivity index (χ0) is 23.8.